The Balaban J connectivity index is 3.68. The molecule has 1 atom stereocenters. The van der Waals surface area contributed by atoms with E-state index < -0.39 is 12.0 Å². The van der Waals surface area contributed by atoms with E-state index in [1.807, 2.05) is 0 Å². The second-order valence-corrected chi connectivity index (χ2v) is 2.16. The van der Waals surface area contributed by atoms with Gasteiger partial charge < -0.3 is 16.2 Å². The number of aliphatic hydroxyl groups excluding tert-OH is 1. The number of nitrogens with one attached hydrogen (secondary N) is 1. The first-order chi connectivity index (χ1) is 5.57. The molecule has 0 spiro atoms. The predicted octanol–water partition coefficient (Wildman–Crippen LogP) is -1.48. The molecule has 0 aliphatic rings. The molecule has 0 radical (unpaired) electrons. The molecule has 5 nitrogen and oxygen atoms in total. The van der Waals surface area contributed by atoms with Gasteiger partial charge in [-0.25, -0.2) is 0 Å². The van der Waals surface area contributed by atoms with Gasteiger partial charge in [-0.2, -0.15) is 0 Å². The van der Waals surface area contributed by atoms with Crippen LogP contribution in [0.3, 0.4) is 0 Å². The molecule has 0 aromatic heterocycles. The van der Waals surface area contributed by atoms with Gasteiger partial charge in [-0.1, -0.05) is 6.08 Å². The van der Waals surface area contributed by atoms with E-state index in [4.69, 9.17) is 10.8 Å². The average Bonchev–Trinajstić information content (AvgIpc) is 2.00. The van der Waals surface area contributed by atoms with Gasteiger partial charge in [0.15, 0.2) is 0 Å². The van der Waals surface area contributed by atoms with Crippen LogP contribution >= 0.6 is 0 Å². The zero-order valence-corrected chi connectivity index (χ0v) is 6.78. The normalized spacial score (nSPS) is 12.8. The molecule has 0 aliphatic carbocycles. The molecule has 0 aromatic rings. The number of hydrogen-bond acceptors (Lipinski definition) is 3. The van der Waals surface area contributed by atoms with E-state index >= 15 is 0 Å². The van der Waals surface area contributed by atoms with E-state index in [1.165, 1.54) is 6.08 Å². The molecule has 0 aromatic carbocycles. The zero-order chi connectivity index (χ0) is 9.56. The van der Waals surface area contributed by atoms with Crippen LogP contribution in [0, 0.1) is 0 Å². The summed E-state index contributed by atoms with van der Waals surface area (Å²) in [5.74, 6) is -1.21. The van der Waals surface area contributed by atoms with Crippen LogP contribution in [0.15, 0.2) is 12.2 Å². The van der Waals surface area contributed by atoms with Crippen LogP contribution in [0.1, 0.15) is 6.92 Å². The average molecular weight is 172 g/mol. The Morgan fingerprint density at radius 1 is 1.67 bits per heavy atom. The van der Waals surface area contributed by atoms with E-state index in [0.717, 1.165) is 0 Å². The van der Waals surface area contributed by atoms with Crippen molar-refractivity contribution in [3.63, 3.8) is 0 Å². The van der Waals surface area contributed by atoms with Crippen molar-refractivity contribution in [3.8, 4) is 0 Å². The van der Waals surface area contributed by atoms with Crippen molar-refractivity contribution in [3.05, 3.63) is 12.2 Å². The molecule has 0 fully saturated rings. The lowest BCUT2D eigenvalue weighted by Gasteiger charge is -2.05. The summed E-state index contributed by atoms with van der Waals surface area (Å²) in [6.45, 7) is 1.53. The zero-order valence-electron chi connectivity index (χ0n) is 6.78. The third-order valence-corrected chi connectivity index (χ3v) is 1.12. The van der Waals surface area contributed by atoms with Gasteiger partial charge in [-0.05, 0) is 13.0 Å². The van der Waals surface area contributed by atoms with Crippen molar-refractivity contribution < 1.29 is 14.7 Å². The SMILES string of the molecule is C/C=C/C(=O)NCC(O)C(N)=O. The summed E-state index contributed by atoms with van der Waals surface area (Å²) >= 11 is 0. The molecule has 0 bridgehead atoms. The highest BCUT2D eigenvalue weighted by atomic mass is 16.3. The molecular weight excluding hydrogens is 160 g/mol. The smallest absolute Gasteiger partial charge is 0.248 e. The minimum atomic E-state index is -1.32. The van der Waals surface area contributed by atoms with Crippen molar-refractivity contribution in [2.75, 3.05) is 6.54 Å². The molecule has 0 rings (SSSR count). The van der Waals surface area contributed by atoms with Crippen molar-refractivity contribution in [1.29, 1.82) is 0 Å². The standard InChI is InChI=1S/C7H12N2O3/c1-2-3-6(11)9-4-5(10)7(8)12/h2-3,5,10H,4H2,1H3,(H2,8,12)(H,9,11)/b3-2+. The predicted molar refractivity (Wildman–Crippen MR) is 43.0 cm³/mol. The van der Waals surface area contributed by atoms with Gasteiger partial charge >= 0.3 is 0 Å². The highest BCUT2D eigenvalue weighted by Gasteiger charge is 2.10. The Morgan fingerprint density at radius 2 is 2.25 bits per heavy atom. The fourth-order valence-corrected chi connectivity index (χ4v) is 0.508. The second kappa shape index (κ2) is 5.31. The maximum atomic E-state index is 10.7. The Morgan fingerprint density at radius 3 is 2.67 bits per heavy atom. The maximum absolute atomic E-state index is 10.7. The number of primary amides is 1. The first-order valence-corrected chi connectivity index (χ1v) is 3.45. The van der Waals surface area contributed by atoms with E-state index in [-0.39, 0.29) is 12.5 Å². The van der Waals surface area contributed by atoms with E-state index in [9.17, 15) is 9.59 Å². The summed E-state index contributed by atoms with van der Waals surface area (Å²) < 4.78 is 0. The molecule has 68 valence electrons. The van der Waals surface area contributed by atoms with E-state index in [1.54, 1.807) is 13.0 Å². The van der Waals surface area contributed by atoms with Crippen LogP contribution in [0.25, 0.3) is 0 Å². The highest BCUT2D eigenvalue weighted by molar-refractivity contribution is 5.88. The first kappa shape index (κ1) is 10.6. The molecule has 0 aliphatic heterocycles. The van der Waals surface area contributed by atoms with Crippen molar-refractivity contribution in [2.45, 2.75) is 13.0 Å². The highest BCUT2D eigenvalue weighted by Crippen LogP contribution is 1.78. The molecule has 0 saturated heterocycles. The lowest BCUT2D eigenvalue weighted by molar-refractivity contribution is -0.126. The topological polar surface area (TPSA) is 92.4 Å². The van der Waals surface area contributed by atoms with Crippen molar-refractivity contribution in [2.24, 2.45) is 5.73 Å². The van der Waals surface area contributed by atoms with Gasteiger partial charge in [0.25, 0.3) is 0 Å². The minimum Gasteiger partial charge on any atom is -0.381 e. The summed E-state index contributed by atoms with van der Waals surface area (Å²) in [6, 6.07) is 0. The minimum absolute atomic E-state index is 0.154. The summed E-state index contributed by atoms with van der Waals surface area (Å²) in [4.78, 5) is 21.0. The van der Waals surface area contributed by atoms with Crippen LogP contribution in [0.5, 0.6) is 0 Å². The Kier molecular flexibility index (Phi) is 4.71. The number of aliphatic hydroxyl groups is 1. The molecule has 1 unspecified atom stereocenters. The first-order valence-electron chi connectivity index (χ1n) is 3.45. The Labute approximate surface area is 70.2 Å². The second-order valence-electron chi connectivity index (χ2n) is 2.16. The molecule has 4 N–H and O–H groups in total. The fraction of sp³-hybridized carbons (Fsp3) is 0.429. The monoisotopic (exact) mass is 172 g/mol. The fourth-order valence-electron chi connectivity index (χ4n) is 0.508. The van der Waals surface area contributed by atoms with Crippen molar-refractivity contribution in [1.82, 2.24) is 5.32 Å². The molecular formula is C7H12N2O3. The quantitative estimate of drug-likeness (QED) is 0.452. The number of amides is 2. The Hall–Kier alpha value is -1.36. The summed E-state index contributed by atoms with van der Waals surface area (Å²) in [5.41, 5.74) is 4.74. The number of hydrogen-bond donors (Lipinski definition) is 3. The van der Waals surface area contributed by atoms with Gasteiger partial charge in [0.05, 0.1) is 6.54 Å². The molecule has 2 amide bonds. The molecule has 5 heteroatoms. The van der Waals surface area contributed by atoms with E-state index in [0.29, 0.717) is 0 Å². The molecule has 0 heterocycles. The summed E-state index contributed by atoms with van der Waals surface area (Å²) in [5, 5.41) is 11.1. The Bertz CT molecular complexity index is 201. The van der Waals surface area contributed by atoms with Crippen LogP contribution in [0.4, 0.5) is 0 Å². The summed E-state index contributed by atoms with van der Waals surface area (Å²) in [6.07, 6.45) is 1.51. The van der Waals surface area contributed by atoms with Gasteiger partial charge in [0, 0.05) is 0 Å². The lowest BCUT2D eigenvalue weighted by atomic mass is 10.3. The van der Waals surface area contributed by atoms with Gasteiger partial charge in [0.1, 0.15) is 6.10 Å². The van der Waals surface area contributed by atoms with Gasteiger partial charge in [0.2, 0.25) is 11.8 Å². The van der Waals surface area contributed by atoms with Crippen LogP contribution in [-0.2, 0) is 9.59 Å². The van der Waals surface area contributed by atoms with Crippen molar-refractivity contribution >= 4 is 11.8 Å². The third kappa shape index (κ3) is 4.45. The number of rotatable bonds is 4. The summed E-state index contributed by atoms with van der Waals surface area (Å²) in [7, 11) is 0. The van der Waals surface area contributed by atoms with Crippen LogP contribution in [-0.4, -0.2) is 29.6 Å². The van der Waals surface area contributed by atoms with E-state index in [2.05, 4.69) is 5.32 Å². The number of carbonyl (C=O) groups is 2. The van der Waals surface area contributed by atoms with Crippen LogP contribution in [0.2, 0.25) is 0 Å². The lowest BCUT2D eigenvalue weighted by Crippen LogP contribution is -2.39. The third-order valence-electron chi connectivity index (χ3n) is 1.12. The maximum Gasteiger partial charge on any atom is 0.248 e. The van der Waals surface area contributed by atoms with Crippen LogP contribution < -0.4 is 11.1 Å². The molecule has 0 saturated carbocycles. The van der Waals surface area contributed by atoms with Gasteiger partial charge in [-0.3, -0.25) is 9.59 Å². The largest absolute Gasteiger partial charge is 0.381 e. The van der Waals surface area contributed by atoms with Gasteiger partial charge in [-0.15, -0.1) is 0 Å². The number of nitrogens with two attached hydrogens (primary N) is 1. The number of allylic oxidation sites excluding steroid dienone is 1. The number of carbonyl (C=O) groups excluding carboxylic acids is 2. The molecule has 12 heavy (non-hydrogen) atoms.